The first-order valence-electron chi connectivity index (χ1n) is 6.00. The lowest BCUT2D eigenvalue weighted by Crippen LogP contribution is -2.23. The number of hydrogen-bond donors (Lipinski definition) is 1. The molecule has 1 aromatic heterocycles. The molecule has 104 valence electrons. The molecule has 1 heterocycles. The number of nitrogens with zero attached hydrogens (tertiary/aromatic N) is 2. The Kier molecular flexibility index (Phi) is 4.53. The molecule has 1 unspecified atom stereocenters. The molecule has 1 aromatic carbocycles. The molecule has 0 radical (unpaired) electrons. The second kappa shape index (κ2) is 6.34. The zero-order valence-corrected chi connectivity index (χ0v) is 11.9. The molecule has 1 N–H and O–H groups in total. The number of carbonyl (C=O) groups excluding carboxylic acids is 1. The van der Waals surface area contributed by atoms with Crippen LogP contribution >= 0.6 is 11.6 Å². The van der Waals surface area contributed by atoms with E-state index in [1.165, 1.54) is 7.11 Å². The van der Waals surface area contributed by atoms with Gasteiger partial charge in [-0.25, -0.2) is 14.8 Å². The molecule has 0 saturated heterocycles. The summed E-state index contributed by atoms with van der Waals surface area (Å²) in [5.41, 5.74) is 1.58. The molecular formula is C14H14ClN3O2. The molecule has 0 aliphatic heterocycles. The minimum Gasteiger partial charge on any atom is -0.467 e. The van der Waals surface area contributed by atoms with Crippen LogP contribution in [0, 0.1) is 6.92 Å². The molecular weight excluding hydrogens is 278 g/mol. The summed E-state index contributed by atoms with van der Waals surface area (Å²) in [5, 5.41) is 3.17. The average Bonchev–Trinajstić information content (AvgIpc) is 2.48. The highest BCUT2D eigenvalue weighted by atomic mass is 35.5. The normalized spacial score (nSPS) is 11.8. The molecule has 0 aliphatic carbocycles. The van der Waals surface area contributed by atoms with Gasteiger partial charge in [-0.05, 0) is 24.1 Å². The summed E-state index contributed by atoms with van der Waals surface area (Å²) in [6.07, 6.45) is 1.59. The Hall–Kier alpha value is -2.14. The number of ether oxygens (including phenoxy) is 1. The minimum absolute atomic E-state index is 0.120. The predicted molar refractivity (Wildman–Crippen MR) is 76.6 cm³/mol. The van der Waals surface area contributed by atoms with Gasteiger partial charge in [-0.15, -0.1) is 0 Å². The van der Waals surface area contributed by atoms with Gasteiger partial charge in [0.15, 0.2) is 6.04 Å². The van der Waals surface area contributed by atoms with E-state index in [1.807, 2.05) is 37.3 Å². The highest BCUT2D eigenvalue weighted by molar-refractivity contribution is 6.28. The van der Waals surface area contributed by atoms with Crippen molar-refractivity contribution >= 4 is 23.4 Å². The van der Waals surface area contributed by atoms with Gasteiger partial charge >= 0.3 is 5.97 Å². The van der Waals surface area contributed by atoms with Crippen molar-refractivity contribution in [2.75, 3.05) is 12.4 Å². The molecule has 0 saturated carbocycles. The van der Waals surface area contributed by atoms with Gasteiger partial charge in [0.25, 0.3) is 0 Å². The fourth-order valence-corrected chi connectivity index (χ4v) is 1.88. The SMILES string of the molecule is COC(=O)C(Nc1nc(Cl)ncc1C)c1ccccc1. The molecule has 0 spiro atoms. The largest absolute Gasteiger partial charge is 0.467 e. The van der Waals surface area contributed by atoms with Gasteiger partial charge in [0, 0.05) is 11.8 Å². The standard InChI is InChI=1S/C14H14ClN3O2/c1-9-8-16-14(15)18-12(9)17-11(13(19)20-2)10-6-4-3-5-7-10/h3-8,11H,1-2H3,(H,16,17,18). The Morgan fingerprint density at radius 1 is 1.35 bits per heavy atom. The summed E-state index contributed by atoms with van der Waals surface area (Å²) in [5.74, 6) is 0.106. The van der Waals surface area contributed by atoms with Crippen LogP contribution in [0.15, 0.2) is 36.5 Å². The van der Waals surface area contributed by atoms with Gasteiger partial charge in [0.1, 0.15) is 5.82 Å². The molecule has 1 atom stereocenters. The van der Waals surface area contributed by atoms with E-state index in [-0.39, 0.29) is 5.28 Å². The minimum atomic E-state index is -0.647. The van der Waals surface area contributed by atoms with E-state index in [4.69, 9.17) is 16.3 Å². The number of carbonyl (C=O) groups is 1. The number of nitrogens with one attached hydrogen (secondary N) is 1. The number of aryl methyl sites for hydroxylation is 1. The van der Waals surface area contributed by atoms with E-state index in [1.54, 1.807) is 6.20 Å². The lowest BCUT2D eigenvalue weighted by molar-refractivity contribution is -0.141. The summed E-state index contributed by atoms with van der Waals surface area (Å²) in [4.78, 5) is 19.9. The van der Waals surface area contributed by atoms with Gasteiger partial charge in [-0.1, -0.05) is 30.3 Å². The zero-order valence-electron chi connectivity index (χ0n) is 11.1. The number of hydrogen-bond acceptors (Lipinski definition) is 5. The summed E-state index contributed by atoms with van der Waals surface area (Å²) >= 11 is 5.78. The highest BCUT2D eigenvalue weighted by Crippen LogP contribution is 2.22. The van der Waals surface area contributed by atoms with Gasteiger partial charge in [-0.2, -0.15) is 0 Å². The third-order valence-electron chi connectivity index (χ3n) is 2.79. The van der Waals surface area contributed by atoms with E-state index in [0.717, 1.165) is 11.1 Å². The van der Waals surface area contributed by atoms with Crippen LogP contribution in [-0.4, -0.2) is 23.0 Å². The Balaban J connectivity index is 2.34. The number of rotatable bonds is 4. The molecule has 0 fully saturated rings. The van der Waals surface area contributed by atoms with Crippen LogP contribution in [0.4, 0.5) is 5.82 Å². The third-order valence-corrected chi connectivity index (χ3v) is 2.98. The quantitative estimate of drug-likeness (QED) is 0.693. The lowest BCUT2D eigenvalue weighted by atomic mass is 10.1. The first-order chi connectivity index (χ1) is 9.61. The van der Waals surface area contributed by atoms with Crippen molar-refractivity contribution in [3.8, 4) is 0 Å². The summed E-state index contributed by atoms with van der Waals surface area (Å²) in [7, 11) is 1.35. The van der Waals surface area contributed by atoms with Crippen LogP contribution in [-0.2, 0) is 9.53 Å². The van der Waals surface area contributed by atoms with Crippen molar-refractivity contribution in [3.05, 3.63) is 52.9 Å². The summed E-state index contributed by atoms with van der Waals surface area (Å²) in [6, 6.07) is 8.62. The fraction of sp³-hybridized carbons (Fsp3) is 0.214. The fourth-order valence-electron chi connectivity index (χ4n) is 1.75. The monoisotopic (exact) mass is 291 g/mol. The Morgan fingerprint density at radius 3 is 2.70 bits per heavy atom. The average molecular weight is 292 g/mol. The van der Waals surface area contributed by atoms with E-state index < -0.39 is 12.0 Å². The molecule has 6 heteroatoms. The topological polar surface area (TPSA) is 64.1 Å². The summed E-state index contributed by atoms with van der Waals surface area (Å²) in [6.45, 7) is 1.83. The van der Waals surface area contributed by atoms with Crippen LogP contribution in [0.3, 0.4) is 0 Å². The smallest absolute Gasteiger partial charge is 0.333 e. The van der Waals surface area contributed by atoms with Gasteiger partial charge in [-0.3, -0.25) is 0 Å². The number of esters is 1. The Bertz CT molecular complexity index is 605. The number of methoxy groups -OCH3 is 1. The number of aromatic nitrogens is 2. The molecule has 0 amide bonds. The molecule has 2 aromatic rings. The molecule has 20 heavy (non-hydrogen) atoms. The van der Waals surface area contributed by atoms with E-state index >= 15 is 0 Å². The molecule has 5 nitrogen and oxygen atoms in total. The van der Waals surface area contributed by atoms with Crippen LogP contribution in [0.25, 0.3) is 0 Å². The van der Waals surface area contributed by atoms with Crippen molar-refractivity contribution in [3.63, 3.8) is 0 Å². The van der Waals surface area contributed by atoms with Gasteiger partial charge < -0.3 is 10.1 Å². The summed E-state index contributed by atoms with van der Waals surface area (Å²) < 4.78 is 4.83. The maximum absolute atomic E-state index is 12.0. The first-order valence-corrected chi connectivity index (χ1v) is 6.38. The Morgan fingerprint density at radius 2 is 2.05 bits per heavy atom. The molecule has 2 rings (SSSR count). The van der Waals surface area contributed by atoms with Crippen LogP contribution in [0.5, 0.6) is 0 Å². The maximum Gasteiger partial charge on any atom is 0.333 e. The maximum atomic E-state index is 12.0. The number of benzene rings is 1. The third kappa shape index (κ3) is 3.24. The van der Waals surface area contributed by atoms with Crippen molar-refractivity contribution < 1.29 is 9.53 Å². The second-order valence-electron chi connectivity index (χ2n) is 4.18. The number of halogens is 1. The van der Waals surface area contributed by atoms with Crippen LogP contribution in [0.2, 0.25) is 5.28 Å². The molecule has 0 aliphatic rings. The van der Waals surface area contributed by atoms with E-state index in [0.29, 0.717) is 5.82 Å². The van der Waals surface area contributed by atoms with Crippen LogP contribution in [0.1, 0.15) is 17.2 Å². The molecule has 0 bridgehead atoms. The van der Waals surface area contributed by atoms with E-state index in [2.05, 4.69) is 15.3 Å². The second-order valence-corrected chi connectivity index (χ2v) is 4.52. The van der Waals surface area contributed by atoms with Gasteiger partial charge in [0.05, 0.1) is 7.11 Å². The van der Waals surface area contributed by atoms with E-state index in [9.17, 15) is 4.79 Å². The Labute approximate surface area is 122 Å². The lowest BCUT2D eigenvalue weighted by Gasteiger charge is -2.18. The van der Waals surface area contributed by atoms with Gasteiger partial charge in [0.2, 0.25) is 5.28 Å². The van der Waals surface area contributed by atoms with Crippen molar-refractivity contribution in [1.29, 1.82) is 0 Å². The number of anilines is 1. The van der Waals surface area contributed by atoms with Crippen LogP contribution < -0.4 is 5.32 Å². The van der Waals surface area contributed by atoms with Crippen molar-refractivity contribution in [2.24, 2.45) is 0 Å². The van der Waals surface area contributed by atoms with Crippen molar-refractivity contribution in [2.45, 2.75) is 13.0 Å². The zero-order chi connectivity index (χ0) is 14.5. The predicted octanol–water partition coefficient (Wildman–Crippen LogP) is 2.76. The highest BCUT2D eigenvalue weighted by Gasteiger charge is 2.22. The first kappa shape index (κ1) is 14.3. The van der Waals surface area contributed by atoms with Crippen molar-refractivity contribution in [1.82, 2.24) is 9.97 Å².